The Balaban J connectivity index is 2.48. The van der Waals surface area contributed by atoms with Crippen LogP contribution in [0.5, 0.6) is 5.75 Å². The van der Waals surface area contributed by atoms with Crippen LogP contribution in [0.25, 0.3) is 0 Å². The first-order valence-corrected chi connectivity index (χ1v) is 5.62. The SMILES string of the molecule is CCCC(C)Oc1ccc(CCO)cc1. The van der Waals surface area contributed by atoms with Gasteiger partial charge in [0, 0.05) is 6.61 Å². The zero-order valence-corrected chi connectivity index (χ0v) is 9.57. The van der Waals surface area contributed by atoms with Gasteiger partial charge in [0.1, 0.15) is 5.75 Å². The summed E-state index contributed by atoms with van der Waals surface area (Å²) in [6, 6.07) is 7.95. The molecule has 0 aliphatic heterocycles. The van der Waals surface area contributed by atoms with Gasteiger partial charge in [0.15, 0.2) is 0 Å². The Morgan fingerprint density at radius 1 is 1.27 bits per heavy atom. The molecule has 1 unspecified atom stereocenters. The minimum atomic E-state index is 0.201. The molecule has 0 bridgehead atoms. The van der Waals surface area contributed by atoms with Crippen molar-refractivity contribution >= 4 is 0 Å². The van der Waals surface area contributed by atoms with Crippen molar-refractivity contribution in [1.82, 2.24) is 0 Å². The van der Waals surface area contributed by atoms with E-state index in [2.05, 4.69) is 13.8 Å². The van der Waals surface area contributed by atoms with Crippen LogP contribution in [0.3, 0.4) is 0 Å². The quantitative estimate of drug-likeness (QED) is 0.779. The molecule has 2 heteroatoms. The average Bonchev–Trinajstić information content (AvgIpc) is 2.22. The van der Waals surface area contributed by atoms with Crippen LogP contribution < -0.4 is 4.74 Å². The third kappa shape index (κ3) is 4.34. The second kappa shape index (κ2) is 6.46. The van der Waals surface area contributed by atoms with E-state index >= 15 is 0 Å². The number of aliphatic hydroxyl groups is 1. The number of benzene rings is 1. The average molecular weight is 208 g/mol. The monoisotopic (exact) mass is 208 g/mol. The molecule has 0 amide bonds. The molecule has 0 saturated carbocycles. The maximum atomic E-state index is 8.77. The summed E-state index contributed by atoms with van der Waals surface area (Å²) in [4.78, 5) is 0. The zero-order chi connectivity index (χ0) is 11.1. The molecule has 0 saturated heterocycles. The highest BCUT2D eigenvalue weighted by Gasteiger charge is 2.02. The van der Waals surface area contributed by atoms with Crippen LogP contribution in [0.4, 0.5) is 0 Å². The van der Waals surface area contributed by atoms with Crippen LogP contribution in [0.2, 0.25) is 0 Å². The highest BCUT2D eigenvalue weighted by Crippen LogP contribution is 2.15. The predicted molar refractivity (Wildman–Crippen MR) is 62.2 cm³/mol. The van der Waals surface area contributed by atoms with Gasteiger partial charge in [-0.05, 0) is 37.5 Å². The molecule has 0 spiro atoms. The molecule has 0 fully saturated rings. The van der Waals surface area contributed by atoms with Gasteiger partial charge >= 0.3 is 0 Å². The van der Waals surface area contributed by atoms with Crippen molar-refractivity contribution in [2.75, 3.05) is 6.61 Å². The lowest BCUT2D eigenvalue weighted by molar-refractivity contribution is 0.210. The van der Waals surface area contributed by atoms with Gasteiger partial charge in [0.05, 0.1) is 6.10 Å². The molecule has 0 aliphatic carbocycles. The second-order valence-electron chi connectivity index (χ2n) is 3.83. The van der Waals surface area contributed by atoms with Crippen molar-refractivity contribution in [2.45, 2.75) is 39.2 Å². The predicted octanol–water partition coefficient (Wildman–Crippen LogP) is 2.79. The summed E-state index contributed by atoms with van der Waals surface area (Å²) in [5, 5.41) is 8.77. The Bertz CT molecular complexity index is 266. The minimum Gasteiger partial charge on any atom is -0.491 e. The summed E-state index contributed by atoms with van der Waals surface area (Å²) in [6.45, 7) is 4.45. The number of rotatable bonds is 6. The summed E-state index contributed by atoms with van der Waals surface area (Å²) in [5.74, 6) is 0.914. The molecule has 0 aliphatic rings. The molecule has 84 valence electrons. The normalized spacial score (nSPS) is 12.5. The molecule has 0 radical (unpaired) electrons. The van der Waals surface area contributed by atoms with E-state index in [9.17, 15) is 0 Å². The van der Waals surface area contributed by atoms with Gasteiger partial charge in [-0.2, -0.15) is 0 Å². The van der Waals surface area contributed by atoms with Crippen molar-refractivity contribution in [3.05, 3.63) is 29.8 Å². The van der Waals surface area contributed by atoms with E-state index in [0.29, 0.717) is 6.42 Å². The maximum absolute atomic E-state index is 8.77. The third-order valence-corrected chi connectivity index (χ3v) is 2.36. The molecule has 2 nitrogen and oxygen atoms in total. The topological polar surface area (TPSA) is 29.5 Å². The van der Waals surface area contributed by atoms with Crippen molar-refractivity contribution in [1.29, 1.82) is 0 Å². The van der Waals surface area contributed by atoms with Gasteiger partial charge in [-0.1, -0.05) is 25.5 Å². The number of hydrogen-bond acceptors (Lipinski definition) is 2. The summed E-state index contributed by atoms with van der Waals surface area (Å²) in [7, 11) is 0. The molecule has 1 atom stereocenters. The van der Waals surface area contributed by atoms with Gasteiger partial charge in [-0.3, -0.25) is 0 Å². The zero-order valence-electron chi connectivity index (χ0n) is 9.57. The fraction of sp³-hybridized carbons (Fsp3) is 0.538. The van der Waals surface area contributed by atoms with Crippen LogP contribution in [-0.4, -0.2) is 17.8 Å². The molecule has 1 aromatic rings. The fourth-order valence-corrected chi connectivity index (χ4v) is 1.56. The van der Waals surface area contributed by atoms with E-state index in [1.807, 2.05) is 24.3 Å². The Hall–Kier alpha value is -1.02. The van der Waals surface area contributed by atoms with Crippen molar-refractivity contribution in [3.8, 4) is 5.75 Å². The Kier molecular flexibility index (Phi) is 5.19. The fourth-order valence-electron chi connectivity index (χ4n) is 1.56. The first-order chi connectivity index (χ1) is 7.26. The van der Waals surface area contributed by atoms with Crippen LogP contribution in [-0.2, 0) is 6.42 Å². The molecular formula is C13H20O2. The van der Waals surface area contributed by atoms with E-state index in [1.54, 1.807) is 0 Å². The van der Waals surface area contributed by atoms with Crippen LogP contribution in [0, 0.1) is 0 Å². The summed E-state index contributed by atoms with van der Waals surface area (Å²) in [5.41, 5.74) is 1.15. The maximum Gasteiger partial charge on any atom is 0.119 e. The molecule has 1 rings (SSSR count). The molecule has 0 aromatic heterocycles. The number of aliphatic hydroxyl groups excluding tert-OH is 1. The standard InChI is InChI=1S/C13H20O2/c1-3-4-11(2)15-13-7-5-12(6-8-13)9-10-14/h5-8,11,14H,3-4,9-10H2,1-2H3. The van der Waals surface area contributed by atoms with E-state index in [4.69, 9.17) is 9.84 Å². The summed E-state index contributed by atoms with van der Waals surface area (Å²) < 4.78 is 5.73. The van der Waals surface area contributed by atoms with Crippen LogP contribution >= 0.6 is 0 Å². The van der Waals surface area contributed by atoms with E-state index in [1.165, 1.54) is 0 Å². The molecule has 1 aromatic carbocycles. The highest BCUT2D eigenvalue weighted by atomic mass is 16.5. The Morgan fingerprint density at radius 2 is 1.93 bits per heavy atom. The van der Waals surface area contributed by atoms with Gasteiger partial charge in [-0.15, -0.1) is 0 Å². The summed E-state index contributed by atoms with van der Waals surface area (Å²) >= 11 is 0. The lowest BCUT2D eigenvalue weighted by Gasteiger charge is -2.13. The van der Waals surface area contributed by atoms with Crippen molar-refractivity contribution in [2.24, 2.45) is 0 Å². The highest BCUT2D eigenvalue weighted by molar-refractivity contribution is 5.27. The van der Waals surface area contributed by atoms with Gasteiger partial charge in [0.2, 0.25) is 0 Å². The molecule has 0 heterocycles. The lowest BCUT2D eigenvalue weighted by Crippen LogP contribution is -2.10. The number of hydrogen-bond donors (Lipinski definition) is 1. The van der Waals surface area contributed by atoms with Crippen LogP contribution in [0.1, 0.15) is 32.3 Å². The summed E-state index contributed by atoms with van der Waals surface area (Å²) in [6.07, 6.45) is 3.21. The van der Waals surface area contributed by atoms with Crippen molar-refractivity contribution in [3.63, 3.8) is 0 Å². The van der Waals surface area contributed by atoms with Crippen molar-refractivity contribution < 1.29 is 9.84 Å². The lowest BCUT2D eigenvalue weighted by atomic mass is 10.1. The molecule has 15 heavy (non-hydrogen) atoms. The Labute approximate surface area is 91.9 Å². The van der Waals surface area contributed by atoms with E-state index < -0.39 is 0 Å². The number of ether oxygens (including phenoxy) is 1. The van der Waals surface area contributed by atoms with Crippen LogP contribution in [0.15, 0.2) is 24.3 Å². The van der Waals surface area contributed by atoms with Gasteiger partial charge < -0.3 is 9.84 Å². The molecular weight excluding hydrogens is 188 g/mol. The minimum absolute atomic E-state index is 0.201. The van der Waals surface area contributed by atoms with E-state index in [-0.39, 0.29) is 12.7 Å². The smallest absolute Gasteiger partial charge is 0.119 e. The molecule has 1 N–H and O–H groups in total. The van der Waals surface area contributed by atoms with E-state index in [0.717, 1.165) is 24.2 Å². The van der Waals surface area contributed by atoms with Gasteiger partial charge in [0.25, 0.3) is 0 Å². The second-order valence-corrected chi connectivity index (χ2v) is 3.83. The third-order valence-electron chi connectivity index (χ3n) is 2.36. The largest absolute Gasteiger partial charge is 0.491 e. The Morgan fingerprint density at radius 3 is 2.47 bits per heavy atom. The first-order valence-electron chi connectivity index (χ1n) is 5.62. The van der Waals surface area contributed by atoms with Gasteiger partial charge in [-0.25, -0.2) is 0 Å². The first kappa shape index (κ1) is 12.1.